The van der Waals surface area contributed by atoms with E-state index in [9.17, 15) is 4.79 Å². The van der Waals surface area contributed by atoms with Crippen LogP contribution < -0.4 is 5.32 Å². The Morgan fingerprint density at radius 3 is 2.82 bits per heavy atom. The van der Waals surface area contributed by atoms with Gasteiger partial charge in [-0.3, -0.25) is 10.4 Å². The summed E-state index contributed by atoms with van der Waals surface area (Å²) in [4.78, 5) is 15.3. The Morgan fingerprint density at radius 2 is 2.18 bits per heavy atom. The van der Waals surface area contributed by atoms with Crippen molar-refractivity contribution in [1.29, 1.82) is 0 Å². The number of H-pyrrole nitrogens is 1. The Bertz CT molecular complexity index is 495. The van der Waals surface area contributed by atoms with Crippen molar-refractivity contribution in [2.24, 2.45) is 0 Å². The van der Waals surface area contributed by atoms with Crippen molar-refractivity contribution < 1.29 is 9.53 Å². The summed E-state index contributed by atoms with van der Waals surface area (Å²) >= 11 is 0. The van der Waals surface area contributed by atoms with E-state index in [1.165, 1.54) is 0 Å². The highest BCUT2D eigenvalue weighted by Crippen LogP contribution is 2.02. The SMILES string of the molecule is Cc1nc(NC(=O)OCc2ccccc2)n[nH]1. The Morgan fingerprint density at radius 1 is 1.41 bits per heavy atom. The van der Waals surface area contributed by atoms with E-state index in [0.29, 0.717) is 5.82 Å². The second-order valence-corrected chi connectivity index (χ2v) is 3.43. The van der Waals surface area contributed by atoms with E-state index in [2.05, 4.69) is 20.5 Å². The lowest BCUT2D eigenvalue weighted by molar-refractivity contribution is 0.155. The lowest BCUT2D eigenvalue weighted by Crippen LogP contribution is -2.14. The van der Waals surface area contributed by atoms with Crippen LogP contribution in [0.4, 0.5) is 10.7 Å². The molecule has 1 aromatic carbocycles. The van der Waals surface area contributed by atoms with Crippen molar-refractivity contribution in [3.05, 3.63) is 41.7 Å². The molecule has 17 heavy (non-hydrogen) atoms. The maximum absolute atomic E-state index is 11.4. The summed E-state index contributed by atoms with van der Waals surface area (Å²) in [5.41, 5.74) is 0.925. The predicted octanol–water partition coefficient (Wildman–Crippen LogP) is 1.86. The molecule has 2 rings (SSSR count). The number of benzene rings is 1. The van der Waals surface area contributed by atoms with Gasteiger partial charge >= 0.3 is 6.09 Å². The lowest BCUT2D eigenvalue weighted by atomic mass is 10.2. The molecular formula is C11H12N4O2. The molecule has 0 unspecified atom stereocenters. The number of carbonyl (C=O) groups excluding carboxylic acids is 1. The van der Waals surface area contributed by atoms with Crippen molar-refractivity contribution in [3.8, 4) is 0 Å². The second-order valence-electron chi connectivity index (χ2n) is 3.43. The number of hydrogen-bond donors (Lipinski definition) is 2. The van der Waals surface area contributed by atoms with Gasteiger partial charge in [0.1, 0.15) is 12.4 Å². The van der Waals surface area contributed by atoms with E-state index in [1.54, 1.807) is 6.92 Å². The fraction of sp³-hybridized carbons (Fsp3) is 0.182. The number of amides is 1. The fourth-order valence-electron chi connectivity index (χ4n) is 1.25. The minimum Gasteiger partial charge on any atom is -0.444 e. The molecule has 0 fully saturated rings. The molecule has 1 amide bonds. The smallest absolute Gasteiger partial charge is 0.414 e. The van der Waals surface area contributed by atoms with Gasteiger partial charge in [0.2, 0.25) is 0 Å². The summed E-state index contributed by atoms with van der Waals surface area (Å²) in [5.74, 6) is 0.837. The highest BCUT2D eigenvalue weighted by Gasteiger charge is 2.06. The molecule has 6 nitrogen and oxygen atoms in total. The first-order valence-corrected chi connectivity index (χ1v) is 5.11. The Labute approximate surface area is 98.0 Å². The number of anilines is 1. The van der Waals surface area contributed by atoms with Crippen LogP contribution in [-0.4, -0.2) is 21.3 Å². The number of aromatic amines is 1. The first kappa shape index (κ1) is 11.1. The number of hydrogen-bond acceptors (Lipinski definition) is 4. The quantitative estimate of drug-likeness (QED) is 0.846. The summed E-state index contributed by atoms with van der Waals surface area (Å²) in [6.45, 7) is 1.96. The van der Waals surface area contributed by atoms with Crippen LogP contribution in [0.25, 0.3) is 0 Å². The molecule has 2 N–H and O–H groups in total. The van der Waals surface area contributed by atoms with Gasteiger partial charge in [-0.1, -0.05) is 30.3 Å². The maximum atomic E-state index is 11.4. The molecular weight excluding hydrogens is 220 g/mol. The normalized spacial score (nSPS) is 9.94. The van der Waals surface area contributed by atoms with Crippen LogP contribution in [0, 0.1) is 6.92 Å². The molecule has 0 aliphatic rings. The summed E-state index contributed by atoms with van der Waals surface area (Å²) in [7, 11) is 0. The zero-order valence-electron chi connectivity index (χ0n) is 9.30. The van der Waals surface area contributed by atoms with Gasteiger partial charge in [-0.15, -0.1) is 5.10 Å². The van der Waals surface area contributed by atoms with Crippen LogP contribution in [-0.2, 0) is 11.3 Å². The van der Waals surface area contributed by atoms with E-state index in [4.69, 9.17) is 4.74 Å². The van der Waals surface area contributed by atoms with Crippen LogP contribution in [0.3, 0.4) is 0 Å². The third kappa shape index (κ3) is 3.30. The molecule has 0 spiro atoms. The predicted molar refractivity (Wildman–Crippen MR) is 61.4 cm³/mol. The molecule has 2 aromatic rings. The molecule has 0 aliphatic heterocycles. The number of nitrogens with one attached hydrogen (secondary N) is 2. The van der Waals surface area contributed by atoms with Crippen LogP contribution in [0.5, 0.6) is 0 Å². The highest BCUT2D eigenvalue weighted by molar-refractivity contribution is 5.82. The fourth-order valence-corrected chi connectivity index (χ4v) is 1.25. The number of ether oxygens (including phenoxy) is 1. The summed E-state index contributed by atoms with van der Waals surface area (Å²) < 4.78 is 5.00. The molecule has 0 radical (unpaired) electrons. The van der Waals surface area contributed by atoms with Crippen molar-refractivity contribution in [1.82, 2.24) is 15.2 Å². The van der Waals surface area contributed by atoms with Crippen LogP contribution in [0.2, 0.25) is 0 Å². The van der Waals surface area contributed by atoms with E-state index in [1.807, 2.05) is 30.3 Å². The highest BCUT2D eigenvalue weighted by atomic mass is 16.5. The van der Waals surface area contributed by atoms with Crippen LogP contribution in [0.1, 0.15) is 11.4 Å². The van der Waals surface area contributed by atoms with Gasteiger partial charge in [-0.05, 0) is 12.5 Å². The van der Waals surface area contributed by atoms with E-state index >= 15 is 0 Å². The van der Waals surface area contributed by atoms with Gasteiger partial charge in [0.15, 0.2) is 0 Å². The standard InChI is InChI=1S/C11H12N4O2/c1-8-12-10(15-14-8)13-11(16)17-7-9-5-3-2-4-6-9/h2-6H,7H2,1H3,(H2,12,13,14,15,16). The van der Waals surface area contributed by atoms with Crippen molar-refractivity contribution in [2.45, 2.75) is 13.5 Å². The third-order valence-corrected chi connectivity index (χ3v) is 2.02. The molecule has 88 valence electrons. The monoisotopic (exact) mass is 232 g/mol. The topological polar surface area (TPSA) is 79.9 Å². The molecule has 1 aromatic heterocycles. The first-order chi connectivity index (χ1) is 8.24. The Kier molecular flexibility index (Phi) is 3.34. The molecule has 0 aliphatic carbocycles. The average Bonchev–Trinajstić information content (AvgIpc) is 2.73. The number of aromatic nitrogens is 3. The second kappa shape index (κ2) is 5.11. The van der Waals surface area contributed by atoms with E-state index in [0.717, 1.165) is 5.56 Å². The molecule has 1 heterocycles. The lowest BCUT2D eigenvalue weighted by Gasteiger charge is -2.03. The third-order valence-electron chi connectivity index (χ3n) is 2.02. The summed E-state index contributed by atoms with van der Waals surface area (Å²) in [5, 5.41) is 8.80. The van der Waals surface area contributed by atoms with E-state index in [-0.39, 0.29) is 12.6 Å². The number of nitrogens with zero attached hydrogens (tertiary/aromatic N) is 2. The minimum atomic E-state index is -0.576. The number of aryl methyl sites for hydroxylation is 1. The first-order valence-electron chi connectivity index (χ1n) is 5.11. The average molecular weight is 232 g/mol. The van der Waals surface area contributed by atoms with Gasteiger partial charge < -0.3 is 4.74 Å². The van der Waals surface area contributed by atoms with Gasteiger partial charge in [-0.2, -0.15) is 4.98 Å². The van der Waals surface area contributed by atoms with Crippen LogP contribution >= 0.6 is 0 Å². The molecule has 0 saturated carbocycles. The van der Waals surface area contributed by atoms with E-state index < -0.39 is 6.09 Å². The largest absolute Gasteiger partial charge is 0.444 e. The Balaban J connectivity index is 1.82. The van der Waals surface area contributed by atoms with Gasteiger partial charge in [0.25, 0.3) is 5.95 Å². The zero-order valence-corrected chi connectivity index (χ0v) is 9.30. The molecule has 6 heteroatoms. The molecule has 0 atom stereocenters. The molecule has 0 saturated heterocycles. The van der Waals surface area contributed by atoms with Gasteiger partial charge in [0.05, 0.1) is 0 Å². The van der Waals surface area contributed by atoms with Crippen molar-refractivity contribution in [2.75, 3.05) is 5.32 Å². The minimum absolute atomic E-state index is 0.209. The number of carbonyl (C=O) groups is 1. The molecule has 0 bridgehead atoms. The van der Waals surface area contributed by atoms with Crippen LogP contribution in [0.15, 0.2) is 30.3 Å². The Hall–Kier alpha value is -2.37. The van der Waals surface area contributed by atoms with Crippen molar-refractivity contribution >= 4 is 12.0 Å². The maximum Gasteiger partial charge on any atom is 0.414 e. The summed E-state index contributed by atoms with van der Waals surface area (Å²) in [6, 6.07) is 9.43. The zero-order chi connectivity index (χ0) is 12.1. The summed E-state index contributed by atoms with van der Waals surface area (Å²) in [6.07, 6.45) is -0.576. The van der Waals surface area contributed by atoms with Crippen molar-refractivity contribution in [3.63, 3.8) is 0 Å². The number of rotatable bonds is 3. The van der Waals surface area contributed by atoms with Gasteiger partial charge in [-0.25, -0.2) is 4.79 Å². The van der Waals surface area contributed by atoms with Gasteiger partial charge in [0, 0.05) is 0 Å².